The molecule has 0 bridgehead atoms. The molecule has 1 aliphatic rings. The summed E-state index contributed by atoms with van der Waals surface area (Å²) in [5.74, 6) is 0.138. The maximum atomic E-state index is 11.2. The molecule has 0 fully saturated rings. The van der Waals surface area contributed by atoms with E-state index in [2.05, 4.69) is 10.9 Å². The number of nitrogens with one attached hydrogen (secondary N) is 2. The van der Waals surface area contributed by atoms with Crippen molar-refractivity contribution in [3.05, 3.63) is 29.8 Å². The van der Waals surface area contributed by atoms with Crippen LogP contribution in [0.4, 0.5) is 5.69 Å². The monoisotopic (exact) mass is 148 g/mol. The van der Waals surface area contributed by atoms with Gasteiger partial charge in [0, 0.05) is 5.56 Å². The number of Topliss-reactive ketones (excluding diaryl/α,β-unsaturated/α-hetero) is 1. The first-order valence-corrected chi connectivity index (χ1v) is 3.49. The Morgan fingerprint density at radius 1 is 1.27 bits per heavy atom. The number of carbonyl (C=O) groups is 1. The van der Waals surface area contributed by atoms with Crippen LogP contribution in [-0.4, -0.2) is 12.3 Å². The number of fused-ring (bicyclic) bond motifs is 1. The summed E-state index contributed by atoms with van der Waals surface area (Å²) in [6, 6.07) is 7.46. The average Bonchev–Trinajstić information content (AvgIpc) is 2.06. The molecule has 0 aromatic heterocycles. The second-order valence-electron chi connectivity index (χ2n) is 2.45. The van der Waals surface area contributed by atoms with E-state index in [4.69, 9.17) is 0 Å². The van der Waals surface area contributed by atoms with Gasteiger partial charge in [0.25, 0.3) is 0 Å². The van der Waals surface area contributed by atoms with Crippen molar-refractivity contribution in [2.75, 3.05) is 12.0 Å². The molecule has 1 heterocycles. The van der Waals surface area contributed by atoms with Crippen molar-refractivity contribution < 1.29 is 4.79 Å². The number of benzene rings is 1. The summed E-state index contributed by atoms with van der Waals surface area (Å²) in [6.45, 7) is 0.372. The highest BCUT2D eigenvalue weighted by Crippen LogP contribution is 2.16. The predicted octanol–water partition coefficient (Wildman–Crippen LogP) is 0.799. The first-order valence-electron chi connectivity index (χ1n) is 3.49. The van der Waals surface area contributed by atoms with E-state index in [0.717, 1.165) is 11.3 Å². The van der Waals surface area contributed by atoms with Crippen molar-refractivity contribution >= 4 is 11.5 Å². The number of para-hydroxylation sites is 1. The van der Waals surface area contributed by atoms with Gasteiger partial charge in [-0.1, -0.05) is 12.1 Å². The number of hydrogen-bond donors (Lipinski definition) is 2. The Kier molecular flexibility index (Phi) is 1.36. The van der Waals surface area contributed by atoms with Crippen LogP contribution in [0.1, 0.15) is 10.4 Å². The van der Waals surface area contributed by atoms with E-state index in [0.29, 0.717) is 6.54 Å². The van der Waals surface area contributed by atoms with Gasteiger partial charge < -0.3 is 5.43 Å². The Morgan fingerprint density at radius 3 is 2.91 bits per heavy atom. The molecule has 0 atom stereocenters. The van der Waals surface area contributed by atoms with Crippen LogP contribution >= 0.6 is 0 Å². The second-order valence-corrected chi connectivity index (χ2v) is 2.45. The molecule has 0 aliphatic carbocycles. The van der Waals surface area contributed by atoms with Gasteiger partial charge in [-0.05, 0) is 12.1 Å². The van der Waals surface area contributed by atoms with Gasteiger partial charge >= 0.3 is 0 Å². The van der Waals surface area contributed by atoms with E-state index >= 15 is 0 Å². The Hall–Kier alpha value is -1.35. The van der Waals surface area contributed by atoms with Crippen LogP contribution in [-0.2, 0) is 0 Å². The first-order chi connectivity index (χ1) is 5.38. The average molecular weight is 148 g/mol. The fourth-order valence-electron chi connectivity index (χ4n) is 1.15. The normalized spacial score (nSPS) is 15.5. The third-order valence-electron chi connectivity index (χ3n) is 1.70. The fourth-order valence-corrected chi connectivity index (χ4v) is 1.15. The zero-order valence-electron chi connectivity index (χ0n) is 5.92. The van der Waals surface area contributed by atoms with Gasteiger partial charge in [-0.25, -0.2) is 5.43 Å². The maximum absolute atomic E-state index is 11.2. The van der Waals surface area contributed by atoms with Gasteiger partial charge in [-0.2, -0.15) is 0 Å². The molecular weight excluding hydrogens is 140 g/mol. The molecule has 0 amide bonds. The Morgan fingerprint density at radius 2 is 2.09 bits per heavy atom. The summed E-state index contributed by atoms with van der Waals surface area (Å²) < 4.78 is 0. The van der Waals surface area contributed by atoms with E-state index in [1.165, 1.54) is 0 Å². The largest absolute Gasteiger partial charge is 0.320 e. The highest BCUT2D eigenvalue weighted by atomic mass is 16.1. The lowest BCUT2D eigenvalue weighted by Crippen LogP contribution is -2.34. The van der Waals surface area contributed by atoms with Crippen LogP contribution in [0.3, 0.4) is 0 Å². The minimum atomic E-state index is 0.138. The predicted molar refractivity (Wildman–Crippen MR) is 42.4 cm³/mol. The molecule has 1 aliphatic heterocycles. The molecule has 0 unspecified atom stereocenters. The van der Waals surface area contributed by atoms with Crippen LogP contribution in [0.25, 0.3) is 0 Å². The third kappa shape index (κ3) is 0.991. The molecule has 1 aromatic rings. The quantitative estimate of drug-likeness (QED) is 0.571. The highest BCUT2D eigenvalue weighted by Gasteiger charge is 2.14. The van der Waals surface area contributed by atoms with E-state index in [1.54, 1.807) is 0 Å². The number of hydrogen-bond acceptors (Lipinski definition) is 3. The first kappa shape index (κ1) is 6.37. The molecule has 0 spiro atoms. The van der Waals surface area contributed by atoms with Gasteiger partial charge in [0.15, 0.2) is 5.78 Å². The highest BCUT2D eigenvalue weighted by molar-refractivity contribution is 6.03. The van der Waals surface area contributed by atoms with E-state index in [1.807, 2.05) is 24.3 Å². The SMILES string of the molecule is O=C1CNNc2ccccc21. The smallest absolute Gasteiger partial charge is 0.180 e. The lowest BCUT2D eigenvalue weighted by atomic mass is 10.1. The Bertz CT molecular complexity index is 296. The number of hydrazine groups is 1. The molecule has 3 nitrogen and oxygen atoms in total. The third-order valence-corrected chi connectivity index (χ3v) is 1.70. The van der Waals surface area contributed by atoms with E-state index < -0.39 is 0 Å². The lowest BCUT2D eigenvalue weighted by molar-refractivity contribution is 0.0989. The van der Waals surface area contributed by atoms with Crippen molar-refractivity contribution in [3.8, 4) is 0 Å². The van der Waals surface area contributed by atoms with Crippen LogP contribution < -0.4 is 10.9 Å². The summed E-state index contributed by atoms with van der Waals surface area (Å²) in [6.07, 6.45) is 0. The number of ketones is 1. The van der Waals surface area contributed by atoms with Gasteiger partial charge in [0.05, 0.1) is 12.2 Å². The zero-order valence-corrected chi connectivity index (χ0v) is 5.92. The van der Waals surface area contributed by atoms with Crippen molar-refractivity contribution in [2.24, 2.45) is 0 Å². The van der Waals surface area contributed by atoms with E-state index in [9.17, 15) is 4.79 Å². The Labute approximate surface area is 64.4 Å². The van der Waals surface area contributed by atoms with Crippen LogP contribution in [0.5, 0.6) is 0 Å². The molecule has 11 heavy (non-hydrogen) atoms. The minimum Gasteiger partial charge on any atom is -0.320 e. The molecule has 2 rings (SSSR count). The summed E-state index contributed by atoms with van der Waals surface area (Å²) in [5, 5.41) is 0. The maximum Gasteiger partial charge on any atom is 0.180 e. The zero-order chi connectivity index (χ0) is 7.68. The van der Waals surface area contributed by atoms with Crippen molar-refractivity contribution in [1.82, 2.24) is 5.43 Å². The topological polar surface area (TPSA) is 41.1 Å². The number of rotatable bonds is 0. The molecular formula is C8H8N2O. The molecule has 0 saturated carbocycles. The lowest BCUT2D eigenvalue weighted by Gasteiger charge is -2.16. The summed E-state index contributed by atoms with van der Waals surface area (Å²) in [4.78, 5) is 11.2. The standard InChI is InChI=1S/C8H8N2O/c11-8-5-9-10-7-4-2-1-3-6(7)8/h1-4,9-10H,5H2. The van der Waals surface area contributed by atoms with Crippen LogP contribution in [0.15, 0.2) is 24.3 Å². The van der Waals surface area contributed by atoms with Crippen LogP contribution in [0, 0.1) is 0 Å². The second kappa shape index (κ2) is 2.36. The fraction of sp³-hybridized carbons (Fsp3) is 0.125. The minimum absolute atomic E-state index is 0.138. The molecule has 0 radical (unpaired) electrons. The van der Waals surface area contributed by atoms with Crippen LogP contribution in [0.2, 0.25) is 0 Å². The molecule has 0 saturated heterocycles. The molecule has 56 valence electrons. The number of anilines is 1. The molecule has 3 heteroatoms. The van der Waals surface area contributed by atoms with E-state index in [-0.39, 0.29) is 5.78 Å². The Balaban J connectivity index is 2.52. The van der Waals surface area contributed by atoms with Crippen molar-refractivity contribution in [3.63, 3.8) is 0 Å². The summed E-state index contributed by atoms with van der Waals surface area (Å²) in [5.41, 5.74) is 7.35. The van der Waals surface area contributed by atoms with Crippen molar-refractivity contribution in [2.45, 2.75) is 0 Å². The van der Waals surface area contributed by atoms with Crippen molar-refractivity contribution in [1.29, 1.82) is 0 Å². The summed E-state index contributed by atoms with van der Waals surface area (Å²) >= 11 is 0. The molecule has 1 aromatic carbocycles. The van der Waals surface area contributed by atoms with Gasteiger partial charge in [-0.15, -0.1) is 0 Å². The molecule has 2 N–H and O–H groups in total. The summed E-state index contributed by atoms with van der Waals surface area (Å²) in [7, 11) is 0. The van der Waals surface area contributed by atoms with Gasteiger partial charge in [0.1, 0.15) is 0 Å². The van der Waals surface area contributed by atoms with Gasteiger partial charge in [0.2, 0.25) is 0 Å². The number of carbonyl (C=O) groups excluding carboxylic acids is 1. The van der Waals surface area contributed by atoms with Gasteiger partial charge in [-0.3, -0.25) is 4.79 Å².